The first-order chi connectivity index (χ1) is 15.3. The van der Waals surface area contributed by atoms with Crippen LogP contribution in [-0.4, -0.2) is 19.0 Å². The minimum absolute atomic E-state index is 0. The van der Waals surface area contributed by atoms with Crippen molar-refractivity contribution in [3.05, 3.63) is 101 Å². The summed E-state index contributed by atoms with van der Waals surface area (Å²) in [7, 11) is 0. The number of carbonyl (C=O) groups excluding carboxylic acids is 1. The topological polar surface area (TPSA) is 32.3 Å². The molecule has 1 atom stereocenters. The lowest BCUT2D eigenvalue weighted by molar-refractivity contribution is 0.0955. The number of nitrogens with zero attached hydrogens (tertiary/aromatic N) is 1. The maximum absolute atomic E-state index is 13.0. The number of anilines is 1. The van der Waals surface area contributed by atoms with Crippen molar-refractivity contribution in [2.45, 2.75) is 44.1 Å². The molecule has 2 heterocycles. The van der Waals surface area contributed by atoms with Crippen molar-refractivity contribution >= 4 is 24.0 Å². The van der Waals surface area contributed by atoms with Crippen molar-refractivity contribution in [2.24, 2.45) is 0 Å². The van der Waals surface area contributed by atoms with E-state index in [1.54, 1.807) is 0 Å². The summed E-state index contributed by atoms with van der Waals surface area (Å²) in [5, 5.41) is 3.29. The molecule has 1 amide bonds. The minimum Gasteiger partial charge on any atom is -0.371 e. The third-order valence-electron chi connectivity index (χ3n) is 6.83. The van der Waals surface area contributed by atoms with Gasteiger partial charge in [0.15, 0.2) is 0 Å². The van der Waals surface area contributed by atoms with Crippen molar-refractivity contribution in [2.75, 3.05) is 18.0 Å². The normalized spacial score (nSPS) is 17.6. The van der Waals surface area contributed by atoms with E-state index in [0.29, 0.717) is 5.92 Å². The molecule has 1 unspecified atom stereocenters. The Balaban J connectivity index is 0.00000245. The van der Waals surface area contributed by atoms with Crippen molar-refractivity contribution in [3.63, 3.8) is 0 Å². The summed E-state index contributed by atoms with van der Waals surface area (Å²) in [4.78, 5) is 15.4. The number of nitrogens with one attached hydrogen (secondary N) is 1. The van der Waals surface area contributed by atoms with Gasteiger partial charge in [0.2, 0.25) is 0 Å². The average molecular weight is 447 g/mol. The van der Waals surface area contributed by atoms with Crippen LogP contribution >= 0.6 is 12.4 Å². The van der Waals surface area contributed by atoms with E-state index >= 15 is 0 Å². The van der Waals surface area contributed by atoms with Crippen LogP contribution in [0, 0.1) is 0 Å². The van der Waals surface area contributed by atoms with Crippen LogP contribution in [0.15, 0.2) is 78.9 Å². The Morgan fingerprint density at radius 2 is 1.44 bits per heavy atom. The number of halogens is 1. The number of carbonyl (C=O) groups is 1. The van der Waals surface area contributed by atoms with E-state index in [2.05, 4.69) is 89.1 Å². The van der Waals surface area contributed by atoms with Gasteiger partial charge in [-0.1, -0.05) is 72.8 Å². The van der Waals surface area contributed by atoms with Crippen LogP contribution in [0.1, 0.15) is 71.1 Å². The highest BCUT2D eigenvalue weighted by atomic mass is 35.5. The van der Waals surface area contributed by atoms with Gasteiger partial charge in [-0.25, -0.2) is 0 Å². The number of fused-ring (bicyclic) bond motifs is 1. The molecule has 2 aliphatic heterocycles. The molecule has 2 aliphatic rings. The molecule has 0 bridgehead atoms. The van der Waals surface area contributed by atoms with Crippen molar-refractivity contribution in [1.82, 2.24) is 5.32 Å². The predicted molar refractivity (Wildman–Crippen MR) is 134 cm³/mol. The molecule has 1 fully saturated rings. The number of amides is 1. The van der Waals surface area contributed by atoms with E-state index in [1.165, 1.54) is 36.0 Å². The van der Waals surface area contributed by atoms with Crippen LogP contribution in [0.4, 0.5) is 5.69 Å². The van der Waals surface area contributed by atoms with Gasteiger partial charge in [-0.15, -0.1) is 12.4 Å². The Morgan fingerprint density at radius 3 is 2.06 bits per heavy atom. The minimum atomic E-state index is 0. The van der Waals surface area contributed by atoms with Crippen LogP contribution < -0.4 is 10.2 Å². The first-order valence-corrected chi connectivity index (χ1v) is 11.6. The molecule has 3 nitrogen and oxygen atoms in total. The highest BCUT2D eigenvalue weighted by Crippen LogP contribution is 2.38. The summed E-state index contributed by atoms with van der Waals surface area (Å²) in [6, 6.07) is 27.9. The molecule has 1 saturated heterocycles. The number of hydrogen-bond donors (Lipinski definition) is 1. The van der Waals surface area contributed by atoms with Crippen LogP contribution in [0.25, 0.3) is 0 Å². The summed E-state index contributed by atoms with van der Waals surface area (Å²) in [5.41, 5.74) is 5.87. The van der Waals surface area contributed by atoms with Gasteiger partial charge in [-0.05, 0) is 54.9 Å². The van der Waals surface area contributed by atoms with Gasteiger partial charge in [0, 0.05) is 24.7 Å². The monoisotopic (exact) mass is 446 g/mol. The Bertz CT molecular complexity index is 992. The standard InChI is InChI=1S/C28H30N2O.ClH/c31-28-27-24(15-10-16-26(27)30-19-8-3-9-20-30)25(29-28)18-17-23(21-11-4-1-5-12-21)22-13-6-2-7-14-22;/h1-2,4-7,10-16,23,25H,3,8-9,17-20H2,(H,29,31);1H. The lowest BCUT2D eigenvalue weighted by Gasteiger charge is -2.30. The fraction of sp³-hybridized carbons (Fsp3) is 0.321. The average Bonchev–Trinajstić information content (AvgIpc) is 3.17. The Kier molecular flexibility index (Phi) is 7.16. The van der Waals surface area contributed by atoms with E-state index in [0.717, 1.165) is 37.2 Å². The third-order valence-corrected chi connectivity index (χ3v) is 6.83. The predicted octanol–water partition coefficient (Wildman–Crippen LogP) is 6.50. The fourth-order valence-corrected chi connectivity index (χ4v) is 5.26. The van der Waals surface area contributed by atoms with E-state index < -0.39 is 0 Å². The lowest BCUT2D eigenvalue weighted by atomic mass is 9.85. The Labute approximate surface area is 197 Å². The number of hydrogen-bond acceptors (Lipinski definition) is 2. The van der Waals surface area contributed by atoms with Gasteiger partial charge in [0.25, 0.3) is 5.91 Å². The molecule has 5 rings (SSSR count). The largest absolute Gasteiger partial charge is 0.371 e. The number of benzene rings is 3. The van der Waals surface area contributed by atoms with Crippen LogP contribution in [-0.2, 0) is 0 Å². The van der Waals surface area contributed by atoms with Crippen LogP contribution in [0.5, 0.6) is 0 Å². The zero-order valence-electron chi connectivity index (χ0n) is 18.4. The summed E-state index contributed by atoms with van der Waals surface area (Å²) in [5.74, 6) is 0.422. The zero-order chi connectivity index (χ0) is 21.0. The lowest BCUT2D eigenvalue weighted by Crippen LogP contribution is -2.31. The van der Waals surface area contributed by atoms with E-state index in [4.69, 9.17) is 0 Å². The van der Waals surface area contributed by atoms with Crippen molar-refractivity contribution in [3.8, 4) is 0 Å². The van der Waals surface area contributed by atoms with Crippen LogP contribution in [0.3, 0.4) is 0 Å². The van der Waals surface area contributed by atoms with E-state index in [1.807, 2.05) is 0 Å². The summed E-state index contributed by atoms with van der Waals surface area (Å²) < 4.78 is 0. The molecule has 1 N–H and O–H groups in total. The Hall–Kier alpha value is -2.78. The van der Waals surface area contributed by atoms with E-state index in [-0.39, 0.29) is 24.4 Å². The molecule has 32 heavy (non-hydrogen) atoms. The first kappa shape index (κ1) is 22.4. The smallest absolute Gasteiger partial charge is 0.254 e. The quantitative estimate of drug-likeness (QED) is 0.469. The molecule has 0 radical (unpaired) electrons. The molecule has 0 aromatic heterocycles. The highest BCUT2D eigenvalue weighted by Gasteiger charge is 2.33. The zero-order valence-corrected chi connectivity index (χ0v) is 19.2. The molecular weight excluding hydrogens is 416 g/mol. The van der Waals surface area contributed by atoms with Gasteiger partial charge in [-0.2, -0.15) is 0 Å². The SMILES string of the molecule is Cl.O=C1NC(CCC(c2ccccc2)c2ccccc2)c2cccc(N3CCCCC3)c21. The van der Waals surface area contributed by atoms with Crippen molar-refractivity contribution < 1.29 is 4.79 Å². The maximum Gasteiger partial charge on any atom is 0.254 e. The second-order valence-electron chi connectivity index (χ2n) is 8.77. The van der Waals surface area contributed by atoms with Crippen LogP contribution in [0.2, 0.25) is 0 Å². The molecule has 4 heteroatoms. The molecule has 0 aliphatic carbocycles. The van der Waals surface area contributed by atoms with Gasteiger partial charge >= 0.3 is 0 Å². The maximum atomic E-state index is 13.0. The van der Waals surface area contributed by atoms with E-state index in [9.17, 15) is 4.79 Å². The summed E-state index contributed by atoms with van der Waals surface area (Å²) in [6.07, 6.45) is 5.64. The van der Waals surface area contributed by atoms with Gasteiger partial charge in [0.1, 0.15) is 0 Å². The molecular formula is C28H31ClN2O. The number of rotatable bonds is 6. The fourth-order valence-electron chi connectivity index (χ4n) is 5.26. The highest BCUT2D eigenvalue weighted by molar-refractivity contribution is 6.04. The third kappa shape index (κ3) is 4.54. The summed E-state index contributed by atoms with van der Waals surface area (Å²) in [6.45, 7) is 2.11. The number of piperidine rings is 1. The Morgan fingerprint density at radius 1 is 0.812 bits per heavy atom. The van der Waals surface area contributed by atoms with Gasteiger partial charge < -0.3 is 10.2 Å². The molecule has 3 aromatic rings. The molecule has 0 saturated carbocycles. The second kappa shape index (κ2) is 10.2. The van der Waals surface area contributed by atoms with Gasteiger partial charge in [-0.3, -0.25) is 4.79 Å². The summed E-state index contributed by atoms with van der Waals surface area (Å²) >= 11 is 0. The van der Waals surface area contributed by atoms with Gasteiger partial charge in [0.05, 0.1) is 11.6 Å². The van der Waals surface area contributed by atoms with Crippen molar-refractivity contribution in [1.29, 1.82) is 0 Å². The second-order valence-corrected chi connectivity index (χ2v) is 8.77. The molecule has 3 aromatic carbocycles. The first-order valence-electron chi connectivity index (χ1n) is 11.6. The molecule has 166 valence electrons. The molecule has 0 spiro atoms.